The monoisotopic (exact) mass is 413 g/mol. The van der Waals surface area contributed by atoms with Crippen LogP contribution in [-0.4, -0.2) is 32.3 Å². The number of nitrogen functional groups attached to an aromatic ring is 2. The van der Waals surface area contributed by atoms with Crippen LogP contribution in [0.3, 0.4) is 0 Å². The molecule has 2 aromatic heterocycles. The van der Waals surface area contributed by atoms with E-state index in [2.05, 4.69) is 9.97 Å². The number of aromatic nitrogens is 3. The van der Waals surface area contributed by atoms with Crippen LogP contribution in [0.2, 0.25) is 0 Å². The Morgan fingerprint density at radius 1 is 0.968 bits per heavy atom. The van der Waals surface area contributed by atoms with Crippen molar-refractivity contribution in [1.29, 1.82) is 10.8 Å². The Bertz CT molecular complexity index is 1340. The molecule has 0 bridgehead atoms. The Morgan fingerprint density at radius 3 is 2.32 bits per heavy atom. The molecule has 6 N–H and O–H groups in total. The van der Waals surface area contributed by atoms with E-state index in [1.54, 1.807) is 36.5 Å². The first-order chi connectivity index (χ1) is 14.8. The summed E-state index contributed by atoms with van der Waals surface area (Å²) in [6.45, 7) is 1.32. The molecule has 154 valence electrons. The zero-order valence-corrected chi connectivity index (χ0v) is 16.6. The minimum atomic E-state index is -0.492. The molecule has 0 saturated heterocycles. The normalized spacial score (nSPS) is 10.7. The minimum Gasteiger partial charge on any atom is -0.384 e. The molecule has 0 unspecified atom stereocenters. The summed E-state index contributed by atoms with van der Waals surface area (Å²) >= 11 is 0. The lowest BCUT2D eigenvalue weighted by Gasteiger charge is -2.09. The molecule has 0 radical (unpaired) electrons. The number of fused-ring (bicyclic) bond motifs is 1. The first-order valence-corrected chi connectivity index (χ1v) is 9.30. The first-order valence-electron chi connectivity index (χ1n) is 9.30. The molecular weight excluding hydrogens is 394 g/mol. The summed E-state index contributed by atoms with van der Waals surface area (Å²) in [5.41, 5.74) is 15.5. The zero-order chi connectivity index (χ0) is 22.1. The number of carbonyl (C=O) groups is 1. The van der Waals surface area contributed by atoms with Crippen LogP contribution in [0.25, 0.3) is 33.7 Å². The van der Waals surface area contributed by atoms with Crippen molar-refractivity contribution in [3.8, 4) is 22.6 Å². The van der Waals surface area contributed by atoms with Gasteiger partial charge in [0, 0.05) is 35.4 Å². The van der Waals surface area contributed by atoms with Gasteiger partial charge in [0.1, 0.15) is 17.2 Å². The van der Waals surface area contributed by atoms with Crippen LogP contribution >= 0.6 is 0 Å². The van der Waals surface area contributed by atoms with E-state index in [9.17, 15) is 4.79 Å². The van der Waals surface area contributed by atoms with E-state index in [1.165, 1.54) is 11.7 Å². The highest BCUT2D eigenvalue weighted by molar-refractivity contribution is 5.98. The number of nitrogens with zero attached hydrogens (tertiary/aromatic N) is 3. The Hall–Kier alpha value is -4.53. The molecule has 2 aromatic carbocycles. The summed E-state index contributed by atoms with van der Waals surface area (Å²) in [4.78, 5) is 26.1. The molecule has 0 amide bonds. The third kappa shape index (κ3) is 3.84. The van der Waals surface area contributed by atoms with Gasteiger partial charge in [-0.15, -0.1) is 0 Å². The fraction of sp³-hybridized carbons (Fsp3) is 0.0455. The van der Waals surface area contributed by atoms with Crippen molar-refractivity contribution < 1.29 is 9.63 Å². The van der Waals surface area contributed by atoms with Crippen LogP contribution in [-0.2, 0) is 4.79 Å². The number of rotatable bonds is 5. The number of nitrogens with one attached hydrogen (secondary N) is 2. The van der Waals surface area contributed by atoms with E-state index in [0.29, 0.717) is 39.2 Å². The fourth-order valence-electron chi connectivity index (χ4n) is 3.17. The van der Waals surface area contributed by atoms with Gasteiger partial charge in [-0.1, -0.05) is 18.2 Å². The molecule has 0 spiro atoms. The molecule has 4 rings (SSSR count). The van der Waals surface area contributed by atoms with Gasteiger partial charge in [0.2, 0.25) is 0 Å². The van der Waals surface area contributed by atoms with Crippen molar-refractivity contribution in [2.45, 2.75) is 6.92 Å². The number of hydrogen-bond donors (Lipinski definition) is 4. The average molecular weight is 413 g/mol. The largest absolute Gasteiger partial charge is 0.384 e. The quantitative estimate of drug-likeness (QED) is 0.290. The number of carbonyl (C=O) groups excluding carboxylic acids is 1. The SMILES string of the molecule is CC(=O)On1c(-c2cccc(-c3ccc(C(=N)N)cn3)c2)nc2cc(C(=N)N)ccc21. The van der Waals surface area contributed by atoms with Crippen LogP contribution in [0.4, 0.5) is 0 Å². The predicted octanol–water partition coefficient (Wildman–Crippen LogP) is 2.31. The number of hydrogen-bond acceptors (Lipinski definition) is 6. The Labute approximate surface area is 177 Å². The summed E-state index contributed by atoms with van der Waals surface area (Å²) in [5, 5.41) is 15.1. The van der Waals surface area contributed by atoms with Crippen LogP contribution in [0.15, 0.2) is 60.8 Å². The van der Waals surface area contributed by atoms with Gasteiger partial charge in [-0.2, -0.15) is 4.73 Å². The topological polar surface area (TPSA) is 157 Å². The molecule has 0 aliphatic rings. The summed E-state index contributed by atoms with van der Waals surface area (Å²) < 4.78 is 1.37. The van der Waals surface area contributed by atoms with Crippen molar-refractivity contribution in [2.75, 3.05) is 0 Å². The van der Waals surface area contributed by atoms with Crippen molar-refractivity contribution >= 4 is 28.7 Å². The van der Waals surface area contributed by atoms with E-state index in [-0.39, 0.29) is 11.7 Å². The van der Waals surface area contributed by atoms with E-state index >= 15 is 0 Å². The zero-order valence-electron chi connectivity index (χ0n) is 16.6. The number of amidine groups is 2. The third-order valence-corrected chi connectivity index (χ3v) is 4.63. The number of nitrogens with two attached hydrogens (primary N) is 2. The number of pyridine rings is 1. The van der Waals surface area contributed by atoms with Gasteiger partial charge in [0.15, 0.2) is 5.82 Å². The molecule has 0 aliphatic carbocycles. The highest BCUT2D eigenvalue weighted by atomic mass is 16.7. The van der Waals surface area contributed by atoms with Crippen LogP contribution in [0.1, 0.15) is 18.1 Å². The lowest BCUT2D eigenvalue weighted by molar-refractivity contribution is -0.140. The third-order valence-electron chi connectivity index (χ3n) is 4.63. The van der Waals surface area contributed by atoms with Crippen molar-refractivity contribution in [1.82, 2.24) is 14.7 Å². The van der Waals surface area contributed by atoms with Gasteiger partial charge in [-0.25, -0.2) is 9.78 Å². The number of benzene rings is 2. The Balaban J connectivity index is 1.84. The molecule has 9 nitrogen and oxygen atoms in total. The fourth-order valence-corrected chi connectivity index (χ4v) is 3.17. The molecule has 2 heterocycles. The first kappa shape index (κ1) is 19.8. The van der Waals surface area contributed by atoms with Gasteiger partial charge in [-0.05, 0) is 36.4 Å². The smallest absolute Gasteiger partial charge is 0.329 e. The van der Waals surface area contributed by atoms with E-state index in [4.69, 9.17) is 27.1 Å². The Kier molecular flexibility index (Phi) is 4.92. The highest BCUT2D eigenvalue weighted by Crippen LogP contribution is 2.28. The average Bonchev–Trinajstić information content (AvgIpc) is 3.11. The molecule has 31 heavy (non-hydrogen) atoms. The van der Waals surface area contributed by atoms with Crippen molar-refractivity contribution in [3.63, 3.8) is 0 Å². The van der Waals surface area contributed by atoms with E-state index in [1.807, 2.05) is 24.3 Å². The lowest BCUT2D eigenvalue weighted by Crippen LogP contribution is -2.17. The summed E-state index contributed by atoms with van der Waals surface area (Å²) in [6, 6.07) is 16.0. The molecule has 0 aliphatic heterocycles. The lowest BCUT2D eigenvalue weighted by atomic mass is 10.1. The summed E-state index contributed by atoms with van der Waals surface area (Å²) in [7, 11) is 0. The van der Waals surface area contributed by atoms with Crippen LogP contribution < -0.4 is 16.3 Å². The van der Waals surface area contributed by atoms with Crippen LogP contribution in [0.5, 0.6) is 0 Å². The minimum absolute atomic E-state index is 0.0483. The Morgan fingerprint density at radius 2 is 1.68 bits per heavy atom. The molecule has 0 atom stereocenters. The molecule has 0 saturated carbocycles. The molecule has 4 aromatic rings. The maximum atomic E-state index is 11.7. The number of imidazole rings is 1. The molecular formula is C22H19N7O2. The van der Waals surface area contributed by atoms with E-state index in [0.717, 1.165) is 5.56 Å². The molecule has 0 fully saturated rings. The second-order valence-corrected chi connectivity index (χ2v) is 6.86. The second kappa shape index (κ2) is 7.71. The summed E-state index contributed by atoms with van der Waals surface area (Å²) in [5.74, 6) is -0.192. The van der Waals surface area contributed by atoms with Crippen molar-refractivity contribution in [3.05, 3.63) is 71.9 Å². The van der Waals surface area contributed by atoms with E-state index < -0.39 is 5.97 Å². The maximum Gasteiger partial charge on any atom is 0.329 e. The standard InChI is InChI=1S/C22H19N7O2/c1-12(30)31-29-19-8-6-14(20(23)24)10-18(19)28-22(29)15-4-2-3-13(9-15)17-7-5-16(11-27-17)21(25)26/h2-11H,1H3,(H3,23,24)(H3,25,26). The van der Waals surface area contributed by atoms with Gasteiger partial charge in [-0.3, -0.25) is 15.8 Å². The van der Waals surface area contributed by atoms with Gasteiger partial charge in [0.25, 0.3) is 0 Å². The second-order valence-electron chi connectivity index (χ2n) is 6.86. The summed E-state index contributed by atoms with van der Waals surface area (Å²) in [6.07, 6.45) is 1.54. The highest BCUT2D eigenvalue weighted by Gasteiger charge is 2.17. The van der Waals surface area contributed by atoms with Gasteiger partial charge < -0.3 is 16.3 Å². The molecule has 9 heteroatoms. The van der Waals surface area contributed by atoms with Crippen molar-refractivity contribution in [2.24, 2.45) is 11.5 Å². The predicted molar refractivity (Wildman–Crippen MR) is 118 cm³/mol. The van der Waals surface area contributed by atoms with Crippen LogP contribution in [0, 0.1) is 10.8 Å². The van der Waals surface area contributed by atoms with Gasteiger partial charge in [0.05, 0.1) is 11.2 Å². The van der Waals surface area contributed by atoms with Gasteiger partial charge >= 0.3 is 5.97 Å². The maximum absolute atomic E-state index is 11.7.